The number of allylic oxidation sites excluding steroid dienone is 1. The molecule has 0 heterocycles. The zero-order valence-corrected chi connectivity index (χ0v) is 10.5. The van der Waals surface area contributed by atoms with Crippen LogP contribution >= 0.6 is 0 Å². The molecule has 18 heavy (non-hydrogen) atoms. The van der Waals surface area contributed by atoms with E-state index in [-0.39, 0.29) is 31.5 Å². The second kappa shape index (κ2) is 8.72. The standard InChI is InChI=1S/C12H17F3O3/c1-3-10(16)8(12(17)18-2)6-4-5-7-9(13)11(14)15/h8H,3-7H2,1-2H3. The third-order valence-electron chi connectivity index (χ3n) is 2.57. The highest BCUT2D eigenvalue weighted by atomic mass is 19.3. The lowest BCUT2D eigenvalue weighted by Gasteiger charge is -2.12. The Balaban J connectivity index is 4.17. The number of esters is 1. The van der Waals surface area contributed by atoms with E-state index in [1.807, 2.05) is 0 Å². The second-order valence-electron chi connectivity index (χ2n) is 3.81. The number of Topliss-reactive ketones (excluding diaryl/α,β-unsaturated/α-hetero) is 1. The smallest absolute Gasteiger partial charge is 0.316 e. The number of hydrogen-bond acceptors (Lipinski definition) is 3. The van der Waals surface area contributed by atoms with Crippen molar-refractivity contribution < 1.29 is 27.5 Å². The summed E-state index contributed by atoms with van der Waals surface area (Å²) in [6, 6.07) is 0. The van der Waals surface area contributed by atoms with Gasteiger partial charge in [-0.15, -0.1) is 0 Å². The van der Waals surface area contributed by atoms with Gasteiger partial charge in [0.2, 0.25) is 0 Å². The molecule has 0 aromatic carbocycles. The SMILES string of the molecule is CCC(=O)C(CCCCC(F)=C(F)F)C(=O)OC. The summed E-state index contributed by atoms with van der Waals surface area (Å²) >= 11 is 0. The Morgan fingerprint density at radius 2 is 1.78 bits per heavy atom. The third-order valence-corrected chi connectivity index (χ3v) is 2.57. The van der Waals surface area contributed by atoms with Crippen LogP contribution in [0.1, 0.15) is 39.0 Å². The first-order chi connectivity index (χ1) is 8.43. The molecule has 0 radical (unpaired) electrons. The minimum absolute atomic E-state index is 0.160. The maximum Gasteiger partial charge on any atom is 0.316 e. The Morgan fingerprint density at radius 1 is 1.17 bits per heavy atom. The summed E-state index contributed by atoms with van der Waals surface area (Å²) in [5, 5.41) is 0. The minimum Gasteiger partial charge on any atom is -0.468 e. The van der Waals surface area contributed by atoms with Crippen LogP contribution < -0.4 is 0 Å². The molecule has 0 aromatic heterocycles. The van der Waals surface area contributed by atoms with Crippen LogP contribution in [0, 0.1) is 5.92 Å². The van der Waals surface area contributed by atoms with Gasteiger partial charge in [0.05, 0.1) is 7.11 Å². The molecular weight excluding hydrogens is 249 g/mol. The van der Waals surface area contributed by atoms with Crippen molar-refractivity contribution in [3.8, 4) is 0 Å². The lowest BCUT2D eigenvalue weighted by Crippen LogP contribution is -2.24. The molecule has 1 unspecified atom stereocenters. The lowest BCUT2D eigenvalue weighted by atomic mass is 9.95. The summed E-state index contributed by atoms with van der Waals surface area (Å²) in [7, 11) is 1.18. The van der Waals surface area contributed by atoms with E-state index < -0.39 is 23.8 Å². The van der Waals surface area contributed by atoms with Gasteiger partial charge in [-0.3, -0.25) is 9.59 Å². The van der Waals surface area contributed by atoms with E-state index in [2.05, 4.69) is 4.74 Å². The summed E-state index contributed by atoms with van der Waals surface area (Å²) < 4.78 is 40.5. The highest BCUT2D eigenvalue weighted by molar-refractivity contribution is 5.98. The molecule has 104 valence electrons. The van der Waals surface area contributed by atoms with Crippen LogP contribution in [0.2, 0.25) is 0 Å². The van der Waals surface area contributed by atoms with Crippen molar-refractivity contribution >= 4 is 11.8 Å². The molecule has 0 amide bonds. The van der Waals surface area contributed by atoms with E-state index in [1.54, 1.807) is 6.92 Å². The summed E-state index contributed by atoms with van der Waals surface area (Å²) in [6.07, 6.45) is -1.83. The summed E-state index contributed by atoms with van der Waals surface area (Å²) in [6.45, 7) is 1.62. The highest BCUT2D eigenvalue weighted by Crippen LogP contribution is 2.19. The van der Waals surface area contributed by atoms with Gasteiger partial charge in [-0.25, -0.2) is 4.39 Å². The third kappa shape index (κ3) is 5.84. The number of rotatable bonds is 8. The number of carbonyl (C=O) groups is 2. The fraction of sp³-hybridized carbons (Fsp3) is 0.667. The average Bonchev–Trinajstić information content (AvgIpc) is 2.36. The van der Waals surface area contributed by atoms with Crippen LogP contribution in [0.5, 0.6) is 0 Å². The maximum absolute atomic E-state index is 12.5. The molecule has 0 aliphatic carbocycles. The Kier molecular flexibility index (Phi) is 8.07. The highest BCUT2D eigenvalue weighted by Gasteiger charge is 2.25. The number of halogens is 3. The Labute approximate surface area is 104 Å². The van der Waals surface area contributed by atoms with Gasteiger partial charge in [0.15, 0.2) is 5.83 Å². The van der Waals surface area contributed by atoms with E-state index in [9.17, 15) is 22.8 Å². The quantitative estimate of drug-likeness (QED) is 0.384. The monoisotopic (exact) mass is 266 g/mol. The molecule has 0 saturated carbocycles. The van der Waals surface area contributed by atoms with Crippen LogP contribution in [0.4, 0.5) is 13.2 Å². The van der Waals surface area contributed by atoms with E-state index in [4.69, 9.17) is 0 Å². The van der Waals surface area contributed by atoms with E-state index in [0.29, 0.717) is 6.42 Å². The van der Waals surface area contributed by atoms with Gasteiger partial charge in [0.25, 0.3) is 0 Å². The minimum atomic E-state index is -2.32. The zero-order chi connectivity index (χ0) is 14.1. The van der Waals surface area contributed by atoms with Gasteiger partial charge < -0.3 is 4.74 Å². The summed E-state index contributed by atoms with van der Waals surface area (Å²) in [5.74, 6) is -3.20. The largest absolute Gasteiger partial charge is 0.468 e. The topological polar surface area (TPSA) is 43.4 Å². The molecule has 0 rings (SSSR count). The average molecular weight is 266 g/mol. The van der Waals surface area contributed by atoms with Crippen molar-refractivity contribution in [2.24, 2.45) is 5.92 Å². The first-order valence-corrected chi connectivity index (χ1v) is 5.74. The van der Waals surface area contributed by atoms with Crippen LogP contribution in [0.3, 0.4) is 0 Å². The maximum atomic E-state index is 12.5. The second-order valence-corrected chi connectivity index (χ2v) is 3.81. The molecule has 0 saturated heterocycles. The Bertz CT molecular complexity index is 307. The summed E-state index contributed by atoms with van der Waals surface area (Å²) in [5.41, 5.74) is 0. The van der Waals surface area contributed by atoms with Gasteiger partial charge in [-0.2, -0.15) is 8.78 Å². The molecule has 0 N–H and O–H groups in total. The van der Waals surface area contributed by atoms with E-state index in [0.717, 1.165) is 0 Å². The molecule has 0 aromatic rings. The van der Waals surface area contributed by atoms with Crippen LogP contribution in [0.15, 0.2) is 11.9 Å². The molecule has 0 bridgehead atoms. The fourth-order valence-corrected chi connectivity index (χ4v) is 1.52. The van der Waals surface area contributed by atoms with Gasteiger partial charge in [-0.1, -0.05) is 13.3 Å². The molecule has 0 aliphatic rings. The molecule has 0 spiro atoms. The Morgan fingerprint density at radius 3 is 2.22 bits per heavy atom. The zero-order valence-electron chi connectivity index (χ0n) is 10.5. The van der Waals surface area contributed by atoms with Crippen molar-refractivity contribution in [2.75, 3.05) is 7.11 Å². The molecule has 0 fully saturated rings. The van der Waals surface area contributed by atoms with Crippen molar-refractivity contribution in [2.45, 2.75) is 39.0 Å². The number of ether oxygens (including phenoxy) is 1. The molecule has 6 heteroatoms. The van der Waals surface area contributed by atoms with Crippen LogP contribution in [0.25, 0.3) is 0 Å². The van der Waals surface area contributed by atoms with Crippen molar-refractivity contribution in [3.05, 3.63) is 11.9 Å². The van der Waals surface area contributed by atoms with Gasteiger partial charge in [0.1, 0.15) is 11.7 Å². The predicted molar refractivity (Wildman–Crippen MR) is 59.6 cm³/mol. The molecule has 3 nitrogen and oxygen atoms in total. The van der Waals surface area contributed by atoms with Gasteiger partial charge >= 0.3 is 12.0 Å². The predicted octanol–water partition coefficient (Wildman–Crippen LogP) is 3.39. The van der Waals surface area contributed by atoms with E-state index in [1.165, 1.54) is 7.11 Å². The normalized spacial score (nSPS) is 11.8. The van der Waals surface area contributed by atoms with Crippen molar-refractivity contribution in [3.63, 3.8) is 0 Å². The Hall–Kier alpha value is -1.33. The van der Waals surface area contributed by atoms with Gasteiger partial charge in [0, 0.05) is 12.8 Å². The van der Waals surface area contributed by atoms with Crippen molar-refractivity contribution in [1.82, 2.24) is 0 Å². The number of methoxy groups -OCH3 is 1. The van der Waals surface area contributed by atoms with Crippen molar-refractivity contribution in [1.29, 1.82) is 0 Å². The summed E-state index contributed by atoms with van der Waals surface area (Å²) in [4.78, 5) is 22.7. The molecule has 0 aliphatic heterocycles. The van der Waals surface area contributed by atoms with Gasteiger partial charge in [-0.05, 0) is 12.8 Å². The number of ketones is 1. The molecular formula is C12H17F3O3. The molecule has 1 atom stereocenters. The van der Waals surface area contributed by atoms with Crippen LogP contribution in [-0.4, -0.2) is 18.9 Å². The first-order valence-electron chi connectivity index (χ1n) is 5.74. The first kappa shape index (κ1) is 16.7. The number of unbranched alkanes of at least 4 members (excludes halogenated alkanes) is 1. The fourth-order valence-electron chi connectivity index (χ4n) is 1.52. The number of carbonyl (C=O) groups excluding carboxylic acids is 2. The number of hydrogen-bond donors (Lipinski definition) is 0. The lowest BCUT2D eigenvalue weighted by molar-refractivity contribution is -0.149. The van der Waals surface area contributed by atoms with E-state index >= 15 is 0 Å². The van der Waals surface area contributed by atoms with Crippen LogP contribution in [-0.2, 0) is 14.3 Å².